The smallest absolute Gasteiger partial charge is 0.234 e. The van der Waals surface area contributed by atoms with E-state index in [1.165, 1.54) is 11.8 Å². The number of hydrogen-bond donors (Lipinski definition) is 1. The molecule has 0 saturated carbocycles. The van der Waals surface area contributed by atoms with Crippen LogP contribution in [0.5, 0.6) is 5.75 Å². The molecule has 0 aliphatic carbocycles. The minimum atomic E-state index is -0.267. The van der Waals surface area contributed by atoms with Gasteiger partial charge in [0.2, 0.25) is 5.91 Å². The highest BCUT2D eigenvalue weighted by Crippen LogP contribution is 2.34. The first-order valence-electron chi connectivity index (χ1n) is 11.1. The van der Waals surface area contributed by atoms with E-state index < -0.39 is 0 Å². The molecule has 5 nitrogen and oxygen atoms in total. The van der Waals surface area contributed by atoms with Crippen molar-refractivity contribution in [1.82, 2.24) is 4.98 Å². The first kappa shape index (κ1) is 25.6. The van der Waals surface area contributed by atoms with Crippen LogP contribution in [0.3, 0.4) is 0 Å². The summed E-state index contributed by atoms with van der Waals surface area (Å²) in [5, 5.41) is 14.1. The number of rotatable bonds is 8. The number of benzene rings is 3. The largest absolute Gasteiger partial charge is 0.494 e. The third-order valence-electron chi connectivity index (χ3n) is 5.13. The van der Waals surface area contributed by atoms with Crippen LogP contribution in [0.2, 0.25) is 10.0 Å². The summed E-state index contributed by atoms with van der Waals surface area (Å²) >= 11 is 13.3. The van der Waals surface area contributed by atoms with Crippen LogP contribution in [0.25, 0.3) is 22.4 Å². The normalized spacial score (nSPS) is 10.5. The second-order valence-corrected chi connectivity index (χ2v) is 9.50. The van der Waals surface area contributed by atoms with Gasteiger partial charge < -0.3 is 10.1 Å². The fraction of sp³-hybridized carbons (Fsp3) is 0.107. The number of amides is 1. The molecule has 4 rings (SSSR count). The summed E-state index contributed by atoms with van der Waals surface area (Å²) in [6.07, 6.45) is 0. The molecule has 0 spiro atoms. The zero-order valence-electron chi connectivity index (χ0n) is 19.3. The summed E-state index contributed by atoms with van der Waals surface area (Å²) in [7, 11) is 0. The fourth-order valence-electron chi connectivity index (χ4n) is 3.57. The van der Waals surface area contributed by atoms with Crippen molar-refractivity contribution >= 4 is 46.6 Å². The summed E-state index contributed by atoms with van der Waals surface area (Å²) in [4.78, 5) is 17.4. The van der Waals surface area contributed by atoms with Gasteiger partial charge in [0, 0.05) is 26.9 Å². The molecule has 1 amide bonds. The number of anilines is 1. The van der Waals surface area contributed by atoms with Gasteiger partial charge in [-0.05, 0) is 61.0 Å². The van der Waals surface area contributed by atoms with E-state index in [-0.39, 0.29) is 11.7 Å². The molecule has 3 aromatic carbocycles. The Hall–Kier alpha value is -3.50. The van der Waals surface area contributed by atoms with E-state index in [4.69, 9.17) is 32.9 Å². The second kappa shape index (κ2) is 12.0. The molecule has 0 aliphatic rings. The lowest BCUT2D eigenvalue weighted by molar-refractivity contribution is -0.113. The molecule has 0 saturated heterocycles. The second-order valence-electron chi connectivity index (χ2n) is 7.67. The highest BCUT2D eigenvalue weighted by atomic mass is 35.5. The predicted octanol–water partition coefficient (Wildman–Crippen LogP) is 7.72. The van der Waals surface area contributed by atoms with Crippen molar-refractivity contribution in [2.75, 3.05) is 17.7 Å². The van der Waals surface area contributed by atoms with Crippen LogP contribution in [0.1, 0.15) is 12.5 Å². The van der Waals surface area contributed by atoms with Crippen molar-refractivity contribution in [3.05, 3.63) is 94.5 Å². The predicted molar refractivity (Wildman–Crippen MR) is 147 cm³/mol. The van der Waals surface area contributed by atoms with Gasteiger partial charge in [0.05, 0.1) is 23.6 Å². The first-order chi connectivity index (χ1) is 17.5. The Balaban J connectivity index is 1.66. The van der Waals surface area contributed by atoms with Gasteiger partial charge in [-0.2, -0.15) is 5.26 Å². The molecule has 4 aromatic rings. The molecule has 1 heterocycles. The molecule has 8 heteroatoms. The molecule has 1 N–H and O–H groups in total. The van der Waals surface area contributed by atoms with Crippen LogP contribution in [0.15, 0.2) is 83.9 Å². The van der Waals surface area contributed by atoms with Gasteiger partial charge in [-0.25, -0.2) is 4.98 Å². The van der Waals surface area contributed by atoms with Crippen LogP contribution in [-0.2, 0) is 4.79 Å². The van der Waals surface area contributed by atoms with E-state index in [9.17, 15) is 10.1 Å². The molecular weight excluding hydrogens is 513 g/mol. The summed E-state index contributed by atoms with van der Waals surface area (Å²) in [5.74, 6) is 0.551. The molecule has 36 heavy (non-hydrogen) atoms. The van der Waals surface area contributed by atoms with Crippen molar-refractivity contribution in [2.45, 2.75) is 11.9 Å². The van der Waals surface area contributed by atoms with Crippen molar-refractivity contribution in [3.63, 3.8) is 0 Å². The maximum absolute atomic E-state index is 12.7. The Kier molecular flexibility index (Phi) is 8.50. The number of carbonyl (C=O) groups is 1. The number of pyridine rings is 1. The SMILES string of the molecule is CCOc1ccc(-c2cc(-c3ccccc3)c(C#N)c(SCC(=O)Nc3cc(Cl)cc(Cl)c3)n2)cc1. The molecule has 0 radical (unpaired) electrons. The lowest BCUT2D eigenvalue weighted by atomic mass is 9.99. The average Bonchev–Trinajstić information content (AvgIpc) is 2.87. The molecule has 0 aliphatic heterocycles. The highest BCUT2D eigenvalue weighted by Gasteiger charge is 2.17. The van der Waals surface area contributed by atoms with Gasteiger partial charge in [0.25, 0.3) is 0 Å². The third kappa shape index (κ3) is 6.38. The van der Waals surface area contributed by atoms with E-state index in [0.717, 1.165) is 22.4 Å². The number of nitriles is 1. The Morgan fingerprint density at radius 1 is 1.00 bits per heavy atom. The van der Waals surface area contributed by atoms with Gasteiger partial charge in [0.15, 0.2) is 0 Å². The molecule has 0 atom stereocenters. The fourth-order valence-corrected chi connectivity index (χ4v) is 4.90. The molecule has 1 aromatic heterocycles. The van der Waals surface area contributed by atoms with Gasteiger partial charge in [-0.15, -0.1) is 0 Å². The molecule has 0 bridgehead atoms. The monoisotopic (exact) mass is 533 g/mol. The molecular formula is C28H21Cl2N3O2S. The quantitative estimate of drug-likeness (QED) is 0.234. The Labute approximate surface area is 224 Å². The van der Waals surface area contributed by atoms with Crippen LogP contribution < -0.4 is 10.1 Å². The number of carbonyl (C=O) groups excluding carboxylic acids is 1. The molecule has 0 fully saturated rings. The number of aromatic nitrogens is 1. The van der Waals surface area contributed by atoms with Crippen LogP contribution >= 0.6 is 35.0 Å². The van der Waals surface area contributed by atoms with E-state index in [1.54, 1.807) is 18.2 Å². The van der Waals surface area contributed by atoms with E-state index in [1.807, 2.05) is 67.6 Å². The number of ether oxygens (including phenoxy) is 1. The van der Waals surface area contributed by atoms with Gasteiger partial charge in [0.1, 0.15) is 16.8 Å². The number of thioether (sulfide) groups is 1. The Bertz CT molecular complexity index is 1400. The standard InChI is InChI=1S/C28H21Cl2N3O2S/c1-2-35-23-10-8-19(9-11-23)26-15-24(18-6-4-3-5-7-18)25(16-31)28(33-26)36-17-27(34)32-22-13-20(29)12-21(30)14-22/h3-15H,2,17H2,1H3,(H,32,34). The topological polar surface area (TPSA) is 75.0 Å². The van der Waals surface area contributed by atoms with E-state index in [0.29, 0.717) is 38.6 Å². The minimum Gasteiger partial charge on any atom is -0.494 e. The van der Waals surface area contributed by atoms with Crippen molar-refractivity contribution < 1.29 is 9.53 Å². The zero-order valence-corrected chi connectivity index (χ0v) is 21.6. The number of nitrogens with zero attached hydrogens (tertiary/aromatic N) is 2. The maximum atomic E-state index is 12.7. The Morgan fingerprint density at radius 3 is 2.33 bits per heavy atom. The van der Waals surface area contributed by atoms with Gasteiger partial charge in [-0.3, -0.25) is 4.79 Å². The zero-order chi connectivity index (χ0) is 25.5. The van der Waals surface area contributed by atoms with Crippen LogP contribution in [0, 0.1) is 11.3 Å². The highest BCUT2D eigenvalue weighted by molar-refractivity contribution is 8.00. The van der Waals surface area contributed by atoms with Crippen molar-refractivity contribution in [1.29, 1.82) is 5.26 Å². The maximum Gasteiger partial charge on any atom is 0.234 e. The van der Waals surface area contributed by atoms with E-state index >= 15 is 0 Å². The summed E-state index contributed by atoms with van der Waals surface area (Å²) in [5.41, 5.74) is 4.13. The van der Waals surface area contributed by atoms with Crippen LogP contribution in [0.4, 0.5) is 5.69 Å². The van der Waals surface area contributed by atoms with Crippen molar-refractivity contribution in [2.24, 2.45) is 0 Å². The first-order valence-corrected chi connectivity index (χ1v) is 12.8. The molecule has 180 valence electrons. The minimum absolute atomic E-state index is 0.0484. The average molecular weight is 534 g/mol. The summed E-state index contributed by atoms with van der Waals surface area (Å²) < 4.78 is 5.55. The molecule has 0 unspecified atom stereocenters. The van der Waals surface area contributed by atoms with Gasteiger partial charge >= 0.3 is 0 Å². The van der Waals surface area contributed by atoms with Gasteiger partial charge in [-0.1, -0.05) is 65.3 Å². The Morgan fingerprint density at radius 2 is 1.69 bits per heavy atom. The van der Waals surface area contributed by atoms with Crippen LogP contribution in [-0.4, -0.2) is 23.3 Å². The summed E-state index contributed by atoms with van der Waals surface area (Å²) in [6, 6.07) is 26.3. The number of halogens is 2. The van der Waals surface area contributed by atoms with E-state index in [2.05, 4.69) is 11.4 Å². The lowest BCUT2D eigenvalue weighted by Crippen LogP contribution is -2.14. The summed E-state index contributed by atoms with van der Waals surface area (Å²) in [6.45, 7) is 2.51. The number of hydrogen-bond acceptors (Lipinski definition) is 5. The van der Waals surface area contributed by atoms with Crippen molar-refractivity contribution in [3.8, 4) is 34.2 Å². The third-order valence-corrected chi connectivity index (χ3v) is 6.54. The lowest BCUT2D eigenvalue weighted by Gasteiger charge is -2.13. The number of nitrogens with one attached hydrogen (secondary N) is 1.